The Morgan fingerprint density at radius 3 is 2.82 bits per heavy atom. The number of rotatable bonds is 3. The van der Waals surface area contributed by atoms with Crippen LogP contribution in [0.15, 0.2) is 11.6 Å². The highest BCUT2D eigenvalue weighted by Gasteiger charge is 2.15. The van der Waals surface area contributed by atoms with Crippen LogP contribution in [-0.4, -0.2) is 24.4 Å². The van der Waals surface area contributed by atoms with E-state index in [0.717, 1.165) is 13.0 Å². The van der Waals surface area contributed by atoms with Crippen LogP contribution in [0.3, 0.4) is 0 Å². The standard InChI is InChI=1S/C9H15NO/c1-3-4-5-8-6-9(11)10(2)7-8/h6H,3-5,7H2,1-2H3. The SMILES string of the molecule is CCCCC1=CC(=O)N(C)C1. The Labute approximate surface area is 67.9 Å². The fourth-order valence-corrected chi connectivity index (χ4v) is 1.27. The summed E-state index contributed by atoms with van der Waals surface area (Å²) in [6, 6.07) is 0. The number of likely N-dealkylation sites (N-methyl/N-ethyl adjacent to an activating group) is 1. The average molecular weight is 153 g/mol. The van der Waals surface area contributed by atoms with Crippen molar-refractivity contribution < 1.29 is 4.79 Å². The molecular formula is C9H15NO. The third-order valence-corrected chi connectivity index (χ3v) is 2.00. The normalized spacial score (nSPS) is 17.5. The highest BCUT2D eigenvalue weighted by atomic mass is 16.2. The smallest absolute Gasteiger partial charge is 0.246 e. The van der Waals surface area contributed by atoms with Crippen molar-refractivity contribution in [3.05, 3.63) is 11.6 Å². The van der Waals surface area contributed by atoms with Gasteiger partial charge in [0.25, 0.3) is 0 Å². The molecule has 1 heterocycles. The molecule has 0 spiro atoms. The molecule has 0 saturated heterocycles. The van der Waals surface area contributed by atoms with Crippen LogP contribution in [0.1, 0.15) is 26.2 Å². The maximum Gasteiger partial charge on any atom is 0.246 e. The van der Waals surface area contributed by atoms with Gasteiger partial charge in [0.1, 0.15) is 0 Å². The second-order valence-electron chi connectivity index (χ2n) is 3.10. The van der Waals surface area contributed by atoms with Crippen LogP contribution >= 0.6 is 0 Å². The molecule has 0 N–H and O–H groups in total. The zero-order valence-electron chi connectivity index (χ0n) is 7.26. The number of hydrogen-bond donors (Lipinski definition) is 0. The van der Waals surface area contributed by atoms with Crippen LogP contribution in [0, 0.1) is 0 Å². The molecule has 0 aromatic heterocycles. The molecule has 0 atom stereocenters. The highest BCUT2D eigenvalue weighted by Crippen LogP contribution is 2.14. The maximum absolute atomic E-state index is 11.0. The third-order valence-electron chi connectivity index (χ3n) is 2.00. The predicted molar refractivity (Wildman–Crippen MR) is 45.2 cm³/mol. The number of amides is 1. The molecule has 1 aliphatic heterocycles. The molecule has 1 amide bonds. The number of nitrogens with zero attached hydrogens (tertiary/aromatic N) is 1. The molecule has 1 rings (SSSR count). The third kappa shape index (κ3) is 2.07. The van der Waals surface area contributed by atoms with Crippen LogP contribution in [0.5, 0.6) is 0 Å². The topological polar surface area (TPSA) is 20.3 Å². The monoisotopic (exact) mass is 153 g/mol. The summed E-state index contributed by atoms with van der Waals surface area (Å²) in [7, 11) is 1.85. The number of unbranched alkanes of at least 4 members (excludes halogenated alkanes) is 1. The summed E-state index contributed by atoms with van der Waals surface area (Å²) in [5.41, 5.74) is 1.29. The molecule has 0 bridgehead atoms. The first-order valence-electron chi connectivity index (χ1n) is 4.18. The number of carbonyl (C=O) groups is 1. The van der Waals surface area contributed by atoms with E-state index >= 15 is 0 Å². The van der Waals surface area contributed by atoms with Crippen LogP contribution in [-0.2, 0) is 4.79 Å². The average Bonchev–Trinajstić information content (AvgIpc) is 2.28. The molecule has 1 aliphatic rings. The quantitative estimate of drug-likeness (QED) is 0.602. The van der Waals surface area contributed by atoms with Gasteiger partial charge in [0, 0.05) is 19.7 Å². The Kier molecular flexibility index (Phi) is 2.69. The van der Waals surface area contributed by atoms with Crippen molar-refractivity contribution in [1.82, 2.24) is 4.90 Å². The summed E-state index contributed by atoms with van der Waals surface area (Å²) < 4.78 is 0. The van der Waals surface area contributed by atoms with Crippen molar-refractivity contribution in [3.63, 3.8) is 0 Å². The molecule has 0 radical (unpaired) electrons. The van der Waals surface area contributed by atoms with E-state index in [0.29, 0.717) is 0 Å². The van der Waals surface area contributed by atoms with E-state index in [-0.39, 0.29) is 5.91 Å². The van der Waals surface area contributed by atoms with E-state index < -0.39 is 0 Å². The lowest BCUT2D eigenvalue weighted by Crippen LogP contribution is -2.19. The molecule has 0 aliphatic carbocycles. The second-order valence-corrected chi connectivity index (χ2v) is 3.10. The molecule has 2 heteroatoms. The van der Waals surface area contributed by atoms with Gasteiger partial charge in [-0.05, 0) is 18.4 Å². The molecule has 0 saturated carbocycles. The largest absolute Gasteiger partial charge is 0.338 e. The Bertz CT molecular complexity index is 184. The molecule has 0 unspecified atom stereocenters. The first-order valence-corrected chi connectivity index (χ1v) is 4.18. The van der Waals surface area contributed by atoms with Gasteiger partial charge in [0.15, 0.2) is 0 Å². The van der Waals surface area contributed by atoms with Crippen molar-refractivity contribution >= 4 is 5.91 Å². The molecule has 2 nitrogen and oxygen atoms in total. The lowest BCUT2D eigenvalue weighted by Gasteiger charge is -2.07. The Morgan fingerprint density at radius 1 is 1.64 bits per heavy atom. The van der Waals surface area contributed by atoms with E-state index in [9.17, 15) is 4.79 Å². The van der Waals surface area contributed by atoms with Crippen LogP contribution in [0.2, 0.25) is 0 Å². The van der Waals surface area contributed by atoms with Gasteiger partial charge >= 0.3 is 0 Å². The summed E-state index contributed by atoms with van der Waals surface area (Å²) in [5, 5.41) is 0. The van der Waals surface area contributed by atoms with Crippen molar-refractivity contribution in [3.8, 4) is 0 Å². The van der Waals surface area contributed by atoms with Gasteiger partial charge in [-0.1, -0.05) is 13.3 Å². The van der Waals surface area contributed by atoms with Crippen LogP contribution < -0.4 is 0 Å². The summed E-state index contributed by atoms with van der Waals surface area (Å²) >= 11 is 0. The van der Waals surface area contributed by atoms with E-state index in [4.69, 9.17) is 0 Å². The summed E-state index contributed by atoms with van der Waals surface area (Å²) in [5.74, 6) is 0.163. The molecule has 0 aromatic rings. The minimum atomic E-state index is 0.163. The molecule has 11 heavy (non-hydrogen) atoms. The van der Waals surface area contributed by atoms with Crippen LogP contribution in [0.25, 0.3) is 0 Å². The zero-order valence-corrected chi connectivity index (χ0v) is 7.26. The van der Waals surface area contributed by atoms with E-state index in [1.54, 1.807) is 11.0 Å². The minimum absolute atomic E-state index is 0.163. The zero-order chi connectivity index (χ0) is 8.27. The fraction of sp³-hybridized carbons (Fsp3) is 0.667. The lowest BCUT2D eigenvalue weighted by atomic mass is 10.1. The summed E-state index contributed by atoms with van der Waals surface area (Å²) in [6.45, 7) is 3.01. The molecule has 0 aromatic carbocycles. The van der Waals surface area contributed by atoms with Gasteiger partial charge < -0.3 is 4.90 Å². The van der Waals surface area contributed by atoms with Crippen molar-refractivity contribution in [2.75, 3.05) is 13.6 Å². The van der Waals surface area contributed by atoms with Gasteiger partial charge in [-0.2, -0.15) is 0 Å². The maximum atomic E-state index is 11.0. The molecular weight excluding hydrogens is 138 g/mol. The predicted octanol–water partition coefficient (Wildman–Crippen LogP) is 1.58. The van der Waals surface area contributed by atoms with Gasteiger partial charge in [-0.25, -0.2) is 0 Å². The summed E-state index contributed by atoms with van der Waals surface area (Å²) in [6.07, 6.45) is 5.27. The van der Waals surface area contributed by atoms with E-state index in [1.165, 1.54) is 18.4 Å². The Balaban J connectivity index is 2.37. The molecule has 62 valence electrons. The van der Waals surface area contributed by atoms with Gasteiger partial charge in [-0.15, -0.1) is 0 Å². The number of hydrogen-bond acceptors (Lipinski definition) is 1. The van der Waals surface area contributed by atoms with E-state index in [2.05, 4.69) is 6.92 Å². The van der Waals surface area contributed by atoms with Gasteiger partial charge in [-0.3, -0.25) is 4.79 Å². The Hall–Kier alpha value is -0.790. The van der Waals surface area contributed by atoms with Crippen molar-refractivity contribution in [2.45, 2.75) is 26.2 Å². The highest BCUT2D eigenvalue weighted by molar-refractivity contribution is 5.90. The van der Waals surface area contributed by atoms with Crippen molar-refractivity contribution in [2.24, 2.45) is 0 Å². The first kappa shape index (κ1) is 8.31. The number of carbonyl (C=O) groups excluding carboxylic acids is 1. The minimum Gasteiger partial charge on any atom is -0.338 e. The second kappa shape index (κ2) is 3.56. The van der Waals surface area contributed by atoms with E-state index in [1.807, 2.05) is 7.05 Å². The lowest BCUT2D eigenvalue weighted by molar-refractivity contribution is -0.123. The summed E-state index contributed by atoms with van der Waals surface area (Å²) in [4.78, 5) is 12.8. The fourth-order valence-electron chi connectivity index (χ4n) is 1.27. The van der Waals surface area contributed by atoms with Gasteiger partial charge in [0.05, 0.1) is 0 Å². The van der Waals surface area contributed by atoms with Crippen LogP contribution in [0.4, 0.5) is 0 Å². The van der Waals surface area contributed by atoms with Crippen molar-refractivity contribution in [1.29, 1.82) is 0 Å². The Morgan fingerprint density at radius 2 is 2.36 bits per heavy atom. The first-order chi connectivity index (χ1) is 5.24. The van der Waals surface area contributed by atoms with Gasteiger partial charge in [0.2, 0.25) is 5.91 Å². The molecule has 0 fully saturated rings.